The number of hydrogen-bond donors (Lipinski definition) is 2. The molecule has 5 nitrogen and oxygen atoms in total. The van der Waals surface area contributed by atoms with Crippen molar-refractivity contribution in [2.75, 3.05) is 11.1 Å². The summed E-state index contributed by atoms with van der Waals surface area (Å²) in [4.78, 5) is 15.4. The second kappa shape index (κ2) is 4.24. The molecule has 2 aromatic rings. The van der Waals surface area contributed by atoms with Crippen molar-refractivity contribution in [2.45, 2.75) is 0 Å². The highest BCUT2D eigenvalue weighted by Gasteiger charge is 2.10. The number of nitrogens with one attached hydrogen (secondary N) is 1. The predicted molar refractivity (Wildman–Crippen MR) is 60.3 cm³/mol. The molecule has 2 heterocycles. The molecule has 0 aliphatic heterocycles. The van der Waals surface area contributed by atoms with Crippen molar-refractivity contribution in [1.82, 2.24) is 4.98 Å². The van der Waals surface area contributed by atoms with Crippen LogP contribution in [0, 0.1) is 0 Å². The van der Waals surface area contributed by atoms with E-state index in [9.17, 15) is 4.79 Å². The van der Waals surface area contributed by atoms with Crippen molar-refractivity contribution in [3.05, 3.63) is 41.4 Å². The van der Waals surface area contributed by atoms with Crippen LogP contribution in [0.3, 0.4) is 0 Å². The Bertz CT molecular complexity index is 507. The molecule has 0 atom stereocenters. The van der Waals surface area contributed by atoms with E-state index >= 15 is 0 Å². The number of rotatable bonds is 2. The predicted octanol–water partition coefficient (Wildman–Crippen LogP) is 2.16. The number of carbonyl (C=O) groups is 1. The Labute approximate surface area is 96.2 Å². The second-order valence-electron chi connectivity index (χ2n) is 3.03. The maximum Gasteiger partial charge on any atom is 0.291 e. The number of aromatic nitrogens is 1. The molecule has 3 N–H and O–H groups in total. The quantitative estimate of drug-likeness (QED) is 0.839. The van der Waals surface area contributed by atoms with Crippen LogP contribution in [0.4, 0.5) is 11.5 Å². The van der Waals surface area contributed by atoms with E-state index in [1.807, 2.05) is 0 Å². The van der Waals surface area contributed by atoms with Gasteiger partial charge in [-0.2, -0.15) is 0 Å². The van der Waals surface area contributed by atoms with Crippen molar-refractivity contribution in [3.63, 3.8) is 0 Å². The highest BCUT2D eigenvalue weighted by atomic mass is 35.5. The molecular weight excluding hydrogens is 230 g/mol. The molecule has 2 aromatic heterocycles. The zero-order valence-corrected chi connectivity index (χ0v) is 8.86. The van der Waals surface area contributed by atoms with Crippen LogP contribution in [0.2, 0.25) is 5.22 Å². The summed E-state index contributed by atoms with van der Waals surface area (Å²) < 4.78 is 4.95. The summed E-state index contributed by atoms with van der Waals surface area (Å²) in [6.07, 6.45) is 1.46. The van der Waals surface area contributed by atoms with E-state index in [2.05, 4.69) is 10.3 Å². The van der Waals surface area contributed by atoms with Gasteiger partial charge in [-0.05, 0) is 35.9 Å². The fraction of sp³-hybridized carbons (Fsp3) is 0. The number of amides is 1. The van der Waals surface area contributed by atoms with E-state index in [4.69, 9.17) is 21.8 Å². The van der Waals surface area contributed by atoms with Crippen LogP contribution in [0.5, 0.6) is 0 Å². The summed E-state index contributed by atoms with van der Waals surface area (Å²) in [5.74, 6) is 0.138. The standard InChI is InChI=1S/C10H8ClN3O2/c11-8-3-2-7(16-8)10(15)14-6-1-4-9(12)13-5-6/h1-5H,(H2,12,13)(H,14,15). The minimum atomic E-state index is -0.390. The monoisotopic (exact) mass is 237 g/mol. The van der Waals surface area contributed by atoms with Crippen LogP contribution >= 0.6 is 11.6 Å². The Kier molecular flexibility index (Phi) is 2.78. The largest absolute Gasteiger partial charge is 0.440 e. The lowest BCUT2D eigenvalue weighted by Gasteiger charge is -2.02. The molecule has 16 heavy (non-hydrogen) atoms. The number of halogens is 1. The average molecular weight is 238 g/mol. The van der Waals surface area contributed by atoms with E-state index in [1.165, 1.54) is 18.3 Å². The molecule has 0 aliphatic carbocycles. The second-order valence-corrected chi connectivity index (χ2v) is 3.40. The van der Waals surface area contributed by atoms with Crippen LogP contribution in [0.1, 0.15) is 10.6 Å². The van der Waals surface area contributed by atoms with Crippen molar-refractivity contribution in [1.29, 1.82) is 0 Å². The fourth-order valence-corrected chi connectivity index (χ4v) is 1.25. The smallest absolute Gasteiger partial charge is 0.291 e. The number of nitrogen functional groups attached to an aromatic ring is 1. The number of pyridine rings is 1. The van der Waals surface area contributed by atoms with Gasteiger partial charge in [-0.25, -0.2) is 4.98 Å². The molecule has 0 saturated carbocycles. The van der Waals surface area contributed by atoms with E-state index in [-0.39, 0.29) is 11.0 Å². The Morgan fingerprint density at radius 1 is 1.38 bits per heavy atom. The number of nitrogens with two attached hydrogens (primary N) is 1. The summed E-state index contributed by atoms with van der Waals surface area (Å²) in [6, 6.07) is 6.22. The lowest BCUT2D eigenvalue weighted by atomic mass is 10.3. The van der Waals surface area contributed by atoms with Gasteiger partial charge >= 0.3 is 0 Å². The van der Waals surface area contributed by atoms with Crippen molar-refractivity contribution >= 4 is 29.0 Å². The summed E-state index contributed by atoms with van der Waals surface area (Å²) in [5.41, 5.74) is 5.95. The van der Waals surface area contributed by atoms with E-state index in [1.54, 1.807) is 12.1 Å². The summed E-state index contributed by atoms with van der Waals surface area (Å²) in [5, 5.41) is 2.76. The first-order valence-corrected chi connectivity index (χ1v) is 4.81. The van der Waals surface area contributed by atoms with E-state index in [0.29, 0.717) is 11.5 Å². The summed E-state index contributed by atoms with van der Waals surface area (Å²) in [6.45, 7) is 0. The average Bonchev–Trinajstić information content (AvgIpc) is 2.68. The van der Waals surface area contributed by atoms with Gasteiger partial charge in [-0.1, -0.05) is 0 Å². The maximum atomic E-state index is 11.6. The molecule has 0 aromatic carbocycles. The lowest BCUT2D eigenvalue weighted by molar-refractivity contribution is 0.0996. The molecule has 2 rings (SSSR count). The molecule has 0 saturated heterocycles. The SMILES string of the molecule is Nc1ccc(NC(=O)c2ccc(Cl)o2)cn1. The molecule has 0 aliphatic rings. The molecule has 0 bridgehead atoms. The Hall–Kier alpha value is -2.01. The molecule has 1 amide bonds. The van der Waals surface area contributed by atoms with Gasteiger partial charge in [0.25, 0.3) is 5.91 Å². The van der Waals surface area contributed by atoms with Gasteiger partial charge in [-0.15, -0.1) is 0 Å². The molecule has 82 valence electrons. The van der Waals surface area contributed by atoms with Crippen LogP contribution in [0.15, 0.2) is 34.9 Å². The van der Waals surface area contributed by atoms with Crippen molar-refractivity contribution in [2.24, 2.45) is 0 Å². The van der Waals surface area contributed by atoms with Gasteiger partial charge in [0.05, 0.1) is 11.9 Å². The summed E-state index contributed by atoms with van der Waals surface area (Å²) in [7, 11) is 0. The van der Waals surface area contributed by atoms with Crippen molar-refractivity contribution in [3.8, 4) is 0 Å². The molecule has 0 unspecified atom stereocenters. The van der Waals surface area contributed by atoms with Gasteiger partial charge < -0.3 is 15.5 Å². The molecule has 0 fully saturated rings. The third-order valence-electron chi connectivity index (χ3n) is 1.84. The molecule has 0 radical (unpaired) electrons. The molecule has 0 spiro atoms. The Morgan fingerprint density at radius 2 is 2.19 bits per heavy atom. The van der Waals surface area contributed by atoms with Crippen molar-refractivity contribution < 1.29 is 9.21 Å². The number of hydrogen-bond acceptors (Lipinski definition) is 4. The summed E-state index contributed by atoms with van der Waals surface area (Å²) >= 11 is 5.55. The van der Waals surface area contributed by atoms with Crippen LogP contribution < -0.4 is 11.1 Å². The third-order valence-corrected chi connectivity index (χ3v) is 2.04. The number of furan rings is 1. The minimum absolute atomic E-state index is 0.141. The first-order valence-electron chi connectivity index (χ1n) is 4.43. The van der Waals surface area contributed by atoms with Crippen LogP contribution in [0.25, 0.3) is 0 Å². The first-order chi connectivity index (χ1) is 7.65. The van der Waals surface area contributed by atoms with Crippen LogP contribution in [-0.4, -0.2) is 10.9 Å². The number of carbonyl (C=O) groups excluding carboxylic acids is 1. The van der Waals surface area contributed by atoms with E-state index < -0.39 is 5.91 Å². The third kappa shape index (κ3) is 2.32. The Balaban J connectivity index is 2.10. The molecule has 6 heteroatoms. The number of anilines is 2. The minimum Gasteiger partial charge on any atom is -0.440 e. The fourth-order valence-electron chi connectivity index (χ4n) is 1.11. The topological polar surface area (TPSA) is 81.1 Å². The van der Waals surface area contributed by atoms with Gasteiger partial charge in [0.15, 0.2) is 11.0 Å². The highest BCUT2D eigenvalue weighted by molar-refractivity contribution is 6.29. The molecular formula is C10H8ClN3O2. The van der Waals surface area contributed by atoms with Crippen LogP contribution in [-0.2, 0) is 0 Å². The normalized spacial score (nSPS) is 10.1. The van der Waals surface area contributed by atoms with Gasteiger partial charge in [0.1, 0.15) is 5.82 Å². The van der Waals surface area contributed by atoms with Gasteiger partial charge in [0, 0.05) is 0 Å². The zero-order chi connectivity index (χ0) is 11.5. The number of nitrogens with zero attached hydrogens (tertiary/aromatic N) is 1. The van der Waals surface area contributed by atoms with Gasteiger partial charge in [-0.3, -0.25) is 4.79 Å². The zero-order valence-electron chi connectivity index (χ0n) is 8.11. The Morgan fingerprint density at radius 3 is 2.75 bits per heavy atom. The van der Waals surface area contributed by atoms with Gasteiger partial charge in [0.2, 0.25) is 0 Å². The highest BCUT2D eigenvalue weighted by Crippen LogP contribution is 2.15. The first kappa shape index (κ1) is 10.5. The lowest BCUT2D eigenvalue weighted by Crippen LogP contribution is -2.11. The van der Waals surface area contributed by atoms with E-state index in [0.717, 1.165) is 0 Å². The maximum absolute atomic E-state index is 11.6.